The first kappa shape index (κ1) is 9.57. The molecule has 0 aromatic carbocycles. The summed E-state index contributed by atoms with van der Waals surface area (Å²) in [5.41, 5.74) is 0.877. The van der Waals surface area contributed by atoms with Crippen LogP contribution >= 0.6 is 0 Å². The summed E-state index contributed by atoms with van der Waals surface area (Å²) in [7, 11) is 0. The molecule has 2 aliphatic rings. The molecule has 2 atom stereocenters. The summed E-state index contributed by atoms with van der Waals surface area (Å²) in [4.78, 5) is 25.4. The van der Waals surface area contributed by atoms with Crippen LogP contribution in [-0.4, -0.2) is 26.9 Å². The number of fused-ring (bicyclic) bond motifs is 1. The summed E-state index contributed by atoms with van der Waals surface area (Å²) < 4.78 is 0. The van der Waals surface area contributed by atoms with Crippen LogP contribution in [0.1, 0.15) is 24.8 Å². The molecule has 2 unspecified atom stereocenters. The zero-order valence-corrected chi connectivity index (χ0v) is 8.85. The molecule has 1 saturated carbocycles. The highest BCUT2D eigenvalue weighted by molar-refractivity contribution is 6.05. The molecule has 1 aliphatic carbocycles. The maximum absolute atomic E-state index is 12.0. The van der Waals surface area contributed by atoms with Gasteiger partial charge in [0.2, 0.25) is 11.8 Å². The van der Waals surface area contributed by atoms with E-state index in [2.05, 4.69) is 10.2 Å². The highest BCUT2D eigenvalue weighted by atomic mass is 16.2. The Bertz CT molecular complexity index is 404. The van der Waals surface area contributed by atoms with Crippen molar-refractivity contribution in [2.24, 2.45) is 11.8 Å². The van der Waals surface area contributed by atoms with Crippen molar-refractivity contribution in [3.8, 4) is 0 Å². The molecule has 1 aromatic heterocycles. The fourth-order valence-electron chi connectivity index (χ4n) is 2.76. The highest BCUT2D eigenvalue weighted by Gasteiger charge is 2.49. The number of carbonyl (C=O) groups excluding carboxylic acids is 2. The Balaban J connectivity index is 1.81. The number of amides is 2. The summed E-state index contributed by atoms with van der Waals surface area (Å²) in [6.07, 6.45) is 6.12. The minimum Gasteiger partial charge on any atom is -0.285 e. The van der Waals surface area contributed by atoms with Crippen LogP contribution in [0.25, 0.3) is 0 Å². The summed E-state index contributed by atoms with van der Waals surface area (Å²) in [6.45, 7) is 0.362. The van der Waals surface area contributed by atoms with Crippen LogP contribution in [0.2, 0.25) is 0 Å². The molecule has 16 heavy (non-hydrogen) atoms. The molecule has 2 fully saturated rings. The lowest BCUT2D eigenvalue weighted by Gasteiger charge is -2.14. The molecule has 1 aliphatic heterocycles. The molecule has 0 radical (unpaired) electrons. The summed E-state index contributed by atoms with van der Waals surface area (Å²) >= 11 is 0. The van der Waals surface area contributed by atoms with Crippen LogP contribution in [0.3, 0.4) is 0 Å². The molecule has 0 bridgehead atoms. The van der Waals surface area contributed by atoms with Crippen molar-refractivity contribution in [2.45, 2.75) is 25.8 Å². The van der Waals surface area contributed by atoms with E-state index in [1.807, 2.05) is 0 Å². The number of aromatic amines is 1. The average Bonchev–Trinajstić information content (AvgIpc) is 2.97. The Morgan fingerprint density at radius 2 is 2.00 bits per heavy atom. The van der Waals surface area contributed by atoms with Crippen molar-refractivity contribution in [3.63, 3.8) is 0 Å². The quantitative estimate of drug-likeness (QED) is 0.744. The van der Waals surface area contributed by atoms with Gasteiger partial charge in [0.1, 0.15) is 0 Å². The maximum Gasteiger partial charge on any atom is 0.233 e. The summed E-state index contributed by atoms with van der Waals surface area (Å²) in [6, 6.07) is 0. The predicted octanol–water partition coefficient (Wildman–Crippen LogP) is 0.695. The summed E-state index contributed by atoms with van der Waals surface area (Å²) in [5.74, 6) is -0.0683. The van der Waals surface area contributed by atoms with Crippen molar-refractivity contribution in [3.05, 3.63) is 18.0 Å². The van der Waals surface area contributed by atoms with Crippen molar-refractivity contribution < 1.29 is 9.59 Å². The van der Waals surface area contributed by atoms with Gasteiger partial charge in [0, 0.05) is 11.8 Å². The van der Waals surface area contributed by atoms with E-state index in [1.165, 1.54) is 4.90 Å². The number of hydrogen-bond acceptors (Lipinski definition) is 3. The Morgan fingerprint density at radius 1 is 1.31 bits per heavy atom. The van der Waals surface area contributed by atoms with Gasteiger partial charge in [-0.2, -0.15) is 5.10 Å². The minimum atomic E-state index is -0.0422. The van der Waals surface area contributed by atoms with Crippen LogP contribution in [0.15, 0.2) is 12.4 Å². The molecule has 84 valence electrons. The molecular weight excluding hydrogens is 206 g/mol. The molecule has 5 nitrogen and oxygen atoms in total. The van der Waals surface area contributed by atoms with Crippen LogP contribution in [-0.2, 0) is 16.1 Å². The molecular formula is C11H13N3O2. The lowest BCUT2D eigenvalue weighted by atomic mass is 10.00. The average molecular weight is 219 g/mol. The smallest absolute Gasteiger partial charge is 0.233 e. The number of imide groups is 1. The molecule has 2 amide bonds. The first-order chi connectivity index (χ1) is 7.77. The van der Waals surface area contributed by atoms with Gasteiger partial charge in [0.05, 0.1) is 24.6 Å². The fraction of sp³-hybridized carbons (Fsp3) is 0.545. The number of rotatable bonds is 2. The first-order valence-corrected chi connectivity index (χ1v) is 5.60. The van der Waals surface area contributed by atoms with E-state index in [0.717, 1.165) is 24.8 Å². The van der Waals surface area contributed by atoms with Crippen molar-refractivity contribution in [2.75, 3.05) is 0 Å². The molecule has 1 N–H and O–H groups in total. The third-order valence-corrected chi connectivity index (χ3v) is 3.58. The van der Waals surface area contributed by atoms with Crippen molar-refractivity contribution >= 4 is 11.8 Å². The number of likely N-dealkylation sites (tertiary alicyclic amines) is 1. The van der Waals surface area contributed by atoms with Gasteiger partial charge in [0.25, 0.3) is 0 Å². The SMILES string of the molecule is O=C1C2CCCC2C(=O)N1Cc1cn[nH]c1. The third-order valence-electron chi connectivity index (χ3n) is 3.58. The van der Waals surface area contributed by atoms with E-state index in [1.54, 1.807) is 12.4 Å². The van der Waals surface area contributed by atoms with Gasteiger partial charge in [-0.3, -0.25) is 19.6 Å². The van der Waals surface area contributed by atoms with E-state index < -0.39 is 0 Å². The van der Waals surface area contributed by atoms with Crippen LogP contribution in [0.4, 0.5) is 0 Å². The van der Waals surface area contributed by atoms with Crippen LogP contribution < -0.4 is 0 Å². The second-order valence-electron chi connectivity index (χ2n) is 4.51. The zero-order chi connectivity index (χ0) is 11.1. The van der Waals surface area contributed by atoms with Crippen molar-refractivity contribution in [1.29, 1.82) is 0 Å². The Hall–Kier alpha value is -1.65. The van der Waals surface area contributed by atoms with Gasteiger partial charge in [-0.25, -0.2) is 0 Å². The van der Waals surface area contributed by atoms with Crippen LogP contribution in [0.5, 0.6) is 0 Å². The second kappa shape index (κ2) is 3.43. The van der Waals surface area contributed by atoms with Gasteiger partial charge in [-0.15, -0.1) is 0 Å². The molecule has 0 spiro atoms. The number of nitrogens with zero attached hydrogens (tertiary/aromatic N) is 2. The second-order valence-corrected chi connectivity index (χ2v) is 4.51. The van der Waals surface area contributed by atoms with E-state index in [0.29, 0.717) is 6.54 Å². The Morgan fingerprint density at radius 3 is 2.56 bits per heavy atom. The lowest BCUT2D eigenvalue weighted by Crippen LogP contribution is -2.31. The van der Waals surface area contributed by atoms with Gasteiger partial charge in [0.15, 0.2) is 0 Å². The first-order valence-electron chi connectivity index (χ1n) is 5.60. The molecule has 3 rings (SSSR count). The number of nitrogens with one attached hydrogen (secondary N) is 1. The van der Waals surface area contributed by atoms with Gasteiger partial charge >= 0.3 is 0 Å². The topological polar surface area (TPSA) is 66.1 Å². The zero-order valence-electron chi connectivity index (χ0n) is 8.85. The van der Waals surface area contributed by atoms with E-state index in [4.69, 9.17) is 0 Å². The molecule has 2 heterocycles. The van der Waals surface area contributed by atoms with E-state index in [9.17, 15) is 9.59 Å². The standard InChI is InChI=1S/C11H13N3O2/c15-10-8-2-1-3-9(8)11(16)14(10)6-7-4-12-13-5-7/h4-5,8-9H,1-3,6H2,(H,12,13). The third kappa shape index (κ3) is 1.27. The number of hydrogen-bond donors (Lipinski definition) is 1. The monoisotopic (exact) mass is 219 g/mol. The van der Waals surface area contributed by atoms with Crippen LogP contribution in [0, 0.1) is 11.8 Å². The van der Waals surface area contributed by atoms with Gasteiger partial charge in [-0.05, 0) is 12.8 Å². The maximum atomic E-state index is 12.0. The molecule has 5 heteroatoms. The summed E-state index contributed by atoms with van der Waals surface area (Å²) in [5, 5.41) is 6.50. The lowest BCUT2D eigenvalue weighted by molar-refractivity contribution is -0.141. The number of carbonyl (C=O) groups is 2. The highest BCUT2D eigenvalue weighted by Crippen LogP contribution is 2.40. The molecule has 1 aromatic rings. The molecule has 1 saturated heterocycles. The fourth-order valence-corrected chi connectivity index (χ4v) is 2.76. The minimum absolute atomic E-state index is 0.00806. The number of H-pyrrole nitrogens is 1. The van der Waals surface area contributed by atoms with Crippen molar-refractivity contribution in [1.82, 2.24) is 15.1 Å². The van der Waals surface area contributed by atoms with Gasteiger partial charge in [-0.1, -0.05) is 6.42 Å². The van der Waals surface area contributed by atoms with E-state index in [-0.39, 0.29) is 23.7 Å². The normalized spacial score (nSPS) is 28.9. The Labute approximate surface area is 92.8 Å². The van der Waals surface area contributed by atoms with E-state index >= 15 is 0 Å². The largest absolute Gasteiger partial charge is 0.285 e. The number of aromatic nitrogens is 2. The predicted molar refractivity (Wildman–Crippen MR) is 55.0 cm³/mol. The Kier molecular flexibility index (Phi) is 2.05. The van der Waals surface area contributed by atoms with Gasteiger partial charge < -0.3 is 0 Å².